The molecule has 1 aliphatic carbocycles. The van der Waals surface area contributed by atoms with Gasteiger partial charge >= 0.3 is 0 Å². The summed E-state index contributed by atoms with van der Waals surface area (Å²) < 4.78 is 25.6. The molecule has 1 aliphatic rings. The molecule has 1 fully saturated rings. The van der Waals surface area contributed by atoms with Gasteiger partial charge in [0.25, 0.3) is 0 Å². The minimum absolute atomic E-state index is 0.222. The number of aryl methyl sites for hydroxylation is 1. The predicted octanol–water partition coefficient (Wildman–Crippen LogP) is 3.98. The fraction of sp³-hybridized carbons (Fsp3) is 0.278. The quantitative estimate of drug-likeness (QED) is 0.842. The molecule has 0 unspecified atom stereocenters. The summed E-state index contributed by atoms with van der Waals surface area (Å²) >= 11 is 5.82. The van der Waals surface area contributed by atoms with Crippen molar-refractivity contribution in [1.82, 2.24) is 0 Å². The smallest absolute Gasteiger partial charge is 0.183 e. The van der Waals surface area contributed by atoms with Crippen LogP contribution in [0.1, 0.15) is 24.0 Å². The van der Waals surface area contributed by atoms with Gasteiger partial charge in [-0.05, 0) is 41.8 Å². The third-order valence-corrected chi connectivity index (χ3v) is 6.86. The van der Waals surface area contributed by atoms with Crippen LogP contribution in [0.4, 0.5) is 0 Å². The first-order valence-electron chi connectivity index (χ1n) is 7.47. The largest absolute Gasteiger partial charge is 0.223 e. The maximum Gasteiger partial charge on any atom is 0.183 e. The lowest BCUT2D eigenvalue weighted by atomic mass is 10.1. The first-order chi connectivity index (χ1) is 11.0. The Kier molecular flexibility index (Phi) is 4.18. The fourth-order valence-corrected chi connectivity index (χ4v) is 5.17. The Balaban J connectivity index is 1.92. The van der Waals surface area contributed by atoms with Crippen LogP contribution in [-0.2, 0) is 16.3 Å². The summed E-state index contributed by atoms with van der Waals surface area (Å²) in [6.07, 6.45) is 0.930. The van der Waals surface area contributed by atoms with Crippen LogP contribution in [-0.4, -0.2) is 13.7 Å². The monoisotopic (exact) mass is 345 g/mol. The highest BCUT2D eigenvalue weighted by Gasteiger charge is 2.59. The van der Waals surface area contributed by atoms with Crippen molar-refractivity contribution in [3.8, 4) is 6.07 Å². The third-order valence-electron chi connectivity index (χ3n) is 4.38. The van der Waals surface area contributed by atoms with Gasteiger partial charge in [-0.2, -0.15) is 5.26 Å². The van der Waals surface area contributed by atoms with Crippen molar-refractivity contribution >= 4 is 21.4 Å². The van der Waals surface area contributed by atoms with Gasteiger partial charge in [-0.1, -0.05) is 42.8 Å². The molecule has 0 N–H and O–H groups in total. The van der Waals surface area contributed by atoms with Crippen LogP contribution in [0, 0.1) is 17.2 Å². The zero-order valence-corrected chi connectivity index (χ0v) is 14.2. The van der Waals surface area contributed by atoms with E-state index >= 15 is 0 Å². The summed E-state index contributed by atoms with van der Waals surface area (Å²) in [7, 11) is -3.54. The first kappa shape index (κ1) is 16.0. The van der Waals surface area contributed by atoms with Gasteiger partial charge in [-0.3, -0.25) is 0 Å². The number of halogens is 1. The zero-order valence-electron chi connectivity index (χ0n) is 12.6. The number of nitrogens with zero attached hydrogens (tertiary/aromatic N) is 1. The Labute approximate surface area is 141 Å². The van der Waals surface area contributed by atoms with Crippen molar-refractivity contribution in [3.05, 3.63) is 64.7 Å². The molecule has 5 heteroatoms. The summed E-state index contributed by atoms with van der Waals surface area (Å²) in [6, 6.07) is 16.1. The number of nitriles is 1. The first-order valence-corrected chi connectivity index (χ1v) is 9.39. The van der Waals surface area contributed by atoms with Crippen LogP contribution in [0.5, 0.6) is 0 Å². The lowest BCUT2D eigenvalue weighted by molar-refractivity contribution is 0.593. The maximum atomic E-state index is 12.8. The van der Waals surface area contributed by atoms with Crippen LogP contribution in [0.25, 0.3) is 0 Å². The van der Waals surface area contributed by atoms with E-state index in [2.05, 4.69) is 13.0 Å². The van der Waals surface area contributed by atoms with Gasteiger partial charge in [0.15, 0.2) is 9.84 Å². The molecule has 1 saturated carbocycles. The van der Waals surface area contributed by atoms with E-state index in [0.717, 1.165) is 12.0 Å². The summed E-state index contributed by atoms with van der Waals surface area (Å²) in [5.41, 5.74) is 2.11. The van der Waals surface area contributed by atoms with Crippen LogP contribution < -0.4 is 0 Å². The van der Waals surface area contributed by atoms with Gasteiger partial charge in [0, 0.05) is 10.9 Å². The van der Waals surface area contributed by atoms with Gasteiger partial charge in [0.2, 0.25) is 0 Å². The lowest BCUT2D eigenvalue weighted by Gasteiger charge is -2.05. The van der Waals surface area contributed by atoms with E-state index in [-0.39, 0.29) is 10.8 Å². The van der Waals surface area contributed by atoms with E-state index in [9.17, 15) is 13.7 Å². The molecule has 3 atom stereocenters. The highest BCUT2D eigenvalue weighted by Crippen LogP contribution is 2.53. The normalized spacial score (nSPS) is 23.3. The third kappa shape index (κ3) is 2.87. The molecule has 2 aromatic carbocycles. The number of benzene rings is 2. The Morgan fingerprint density at radius 2 is 1.70 bits per heavy atom. The second kappa shape index (κ2) is 5.99. The van der Waals surface area contributed by atoms with Crippen molar-refractivity contribution in [1.29, 1.82) is 5.26 Å². The molecular formula is C18H16ClNO2S. The predicted molar refractivity (Wildman–Crippen MR) is 90.1 cm³/mol. The SMILES string of the molecule is CCc1ccc([C@@H]2[C@H](C#N)[C@H]2S(=O)(=O)c2ccc(Cl)cc2)cc1. The van der Waals surface area contributed by atoms with E-state index < -0.39 is 21.0 Å². The Bertz CT molecular complexity index is 851. The Morgan fingerprint density at radius 1 is 1.09 bits per heavy atom. The van der Waals surface area contributed by atoms with Crippen molar-refractivity contribution in [2.45, 2.75) is 29.4 Å². The highest BCUT2D eigenvalue weighted by atomic mass is 35.5. The van der Waals surface area contributed by atoms with Gasteiger partial charge in [0.05, 0.1) is 22.1 Å². The van der Waals surface area contributed by atoms with Gasteiger partial charge in [-0.25, -0.2) is 8.42 Å². The molecular weight excluding hydrogens is 330 g/mol. The number of hydrogen-bond donors (Lipinski definition) is 0. The molecule has 0 heterocycles. The average molecular weight is 346 g/mol. The molecule has 3 nitrogen and oxygen atoms in total. The molecule has 0 amide bonds. The van der Waals surface area contributed by atoms with E-state index in [1.54, 1.807) is 12.1 Å². The van der Waals surface area contributed by atoms with Gasteiger partial charge in [-0.15, -0.1) is 0 Å². The second-order valence-corrected chi connectivity index (χ2v) is 8.28. The second-order valence-electron chi connectivity index (χ2n) is 5.74. The lowest BCUT2D eigenvalue weighted by Crippen LogP contribution is -2.10. The molecule has 3 rings (SSSR count). The molecule has 2 aromatic rings. The van der Waals surface area contributed by atoms with Crippen molar-refractivity contribution in [3.63, 3.8) is 0 Å². The van der Waals surface area contributed by atoms with Crippen molar-refractivity contribution in [2.24, 2.45) is 5.92 Å². The molecule has 0 aromatic heterocycles. The summed E-state index contributed by atoms with van der Waals surface area (Å²) in [5, 5.41) is 9.14. The topological polar surface area (TPSA) is 57.9 Å². The summed E-state index contributed by atoms with van der Waals surface area (Å²) in [6.45, 7) is 2.07. The summed E-state index contributed by atoms with van der Waals surface area (Å²) in [4.78, 5) is 0.222. The van der Waals surface area contributed by atoms with Crippen LogP contribution in [0.3, 0.4) is 0 Å². The van der Waals surface area contributed by atoms with Crippen LogP contribution in [0.2, 0.25) is 5.02 Å². The molecule has 0 spiro atoms. The Hall–Kier alpha value is -1.83. The van der Waals surface area contributed by atoms with E-state index in [1.807, 2.05) is 24.3 Å². The Morgan fingerprint density at radius 3 is 2.22 bits per heavy atom. The minimum Gasteiger partial charge on any atom is -0.223 e. The molecule has 23 heavy (non-hydrogen) atoms. The standard InChI is InChI=1S/C18H16ClNO2S/c1-2-12-3-5-13(6-4-12)17-16(11-20)18(17)23(21,22)15-9-7-14(19)8-10-15/h3-10,16-18H,2H2,1H3/t16-,17+,18+/m0/s1. The maximum absolute atomic E-state index is 12.8. The number of rotatable bonds is 4. The van der Waals surface area contributed by atoms with E-state index in [4.69, 9.17) is 11.6 Å². The van der Waals surface area contributed by atoms with Crippen LogP contribution >= 0.6 is 11.6 Å². The van der Waals surface area contributed by atoms with Crippen molar-refractivity contribution in [2.75, 3.05) is 0 Å². The molecule has 0 bridgehead atoms. The average Bonchev–Trinajstić information content (AvgIpc) is 3.31. The summed E-state index contributed by atoms with van der Waals surface area (Å²) in [5.74, 6) is -0.755. The van der Waals surface area contributed by atoms with Gasteiger partial charge in [0.1, 0.15) is 0 Å². The molecule has 118 valence electrons. The van der Waals surface area contributed by atoms with Gasteiger partial charge < -0.3 is 0 Å². The number of sulfone groups is 1. The minimum atomic E-state index is -3.54. The van der Waals surface area contributed by atoms with E-state index in [1.165, 1.54) is 17.7 Å². The van der Waals surface area contributed by atoms with E-state index in [0.29, 0.717) is 5.02 Å². The number of hydrogen-bond acceptors (Lipinski definition) is 3. The highest BCUT2D eigenvalue weighted by molar-refractivity contribution is 7.92. The molecule has 0 aliphatic heterocycles. The zero-order chi connectivity index (χ0) is 16.6. The molecule has 0 radical (unpaired) electrons. The van der Waals surface area contributed by atoms with Crippen molar-refractivity contribution < 1.29 is 8.42 Å². The molecule has 0 saturated heterocycles. The fourth-order valence-electron chi connectivity index (χ4n) is 2.98. The van der Waals surface area contributed by atoms with Crippen LogP contribution in [0.15, 0.2) is 53.4 Å².